The Hall–Kier alpha value is -1.92. The Morgan fingerprint density at radius 2 is 2.26 bits per heavy atom. The second-order valence-corrected chi connectivity index (χ2v) is 4.45. The molecule has 0 aliphatic carbocycles. The molecule has 1 saturated heterocycles. The minimum Gasteiger partial charge on any atom is -0.399 e. The molecule has 100 valence electrons. The van der Waals surface area contributed by atoms with Crippen LogP contribution in [0, 0.1) is 0 Å². The van der Waals surface area contributed by atoms with E-state index in [1.165, 1.54) is 6.33 Å². The topological polar surface area (TPSA) is 82.3 Å². The highest BCUT2D eigenvalue weighted by Gasteiger charge is 2.14. The van der Waals surface area contributed by atoms with Crippen LogP contribution >= 0.6 is 0 Å². The normalized spacial score (nSPS) is 19.5. The van der Waals surface area contributed by atoms with Gasteiger partial charge < -0.3 is 20.5 Å². The third-order valence-electron chi connectivity index (χ3n) is 3.04. The molecule has 1 fully saturated rings. The molecule has 0 amide bonds. The number of nitrogens with two attached hydrogens (primary N) is 1. The van der Waals surface area contributed by atoms with Crippen molar-refractivity contribution >= 4 is 22.4 Å². The molecule has 1 aromatic carbocycles. The van der Waals surface area contributed by atoms with Crippen LogP contribution in [0.25, 0.3) is 10.9 Å². The SMILES string of the molecule is Nc1ccc2c(NCC3COCCO3)ncnc2c1. The third kappa shape index (κ3) is 2.74. The van der Waals surface area contributed by atoms with Crippen LogP contribution in [0.2, 0.25) is 0 Å². The molecular formula is C13H16N4O2. The maximum absolute atomic E-state index is 5.75. The van der Waals surface area contributed by atoms with Gasteiger partial charge in [-0.05, 0) is 18.2 Å². The van der Waals surface area contributed by atoms with Crippen molar-refractivity contribution in [2.75, 3.05) is 37.4 Å². The van der Waals surface area contributed by atoms with Crippen molar-refractivity contribution in [3.05, 3.63) is 24.5 Å². The van der Waals surface area contributed by atoms with E-state index in [1.807, 2.05) is 18.2 Å². The van der Waals surface area contributed by atoms with Crippen molar-refractivity contribution in [1.82, 2.24) is 9.97 Å². The fourth-order valence-corrected chi connectivity index (χ4v) is 2.08. The quantitative estimate of drug-likeness (QED) is 0.802. The smallest absolute Gasteiger partial charge is 0.137 e. The molecule has 1 aromatic heterocycles. The highest BCUT2D eigenvalue weighted by Crippen LogP contribution is 2.21. The average Bonchev–Trinajstić information content (AvgIpc) is 2.45. The lowest BCUT2D eigenvalue weighted by atomic mass is 10.2. The summed E-state index contributed by atoms with van der Waals surface area (Å²) in [5, 5.41) is 4.23. The standard InChI is InChI=1S/C13H16N4O2/c14-9-1-2-11-12(5-9)16-8-17-13(11)15-6-10-7-18-3-4-19-10/h1-2,5,8,10H,3-4,6-7,14H2,(H,15,16,17). The Bertz CT molecular complexity index is 570. The highest BCUT2D eigenvalue weighted by molar-refractivity contribution is 5.90. The predicted octanol–water partition coefficient (Wildman–Crippen LogP) is 1.04. The van der Waals surface area contributed by atoms with Crippen molar-refractivity contribution < 1.29 is 9.47 Å². The van der Waals surface area contributed by atoms with Crippen LogP contribution in [-0.4, -0.2) is 42.4 Å². The van der Waals surface area contributed by atoms with Crippen LogP contribution in [-0.2, 0) is 9.47 Å². The van der Waals surface area contributed by atoms with Crippen LogP contribution in [0.4, 0.5) is 11.5 Å². The molecule has 6 heteroatoms. The first-order chi connectivity index (χ1) is 9.33. The summed E-state index contributed by atoms with van der Waals surface area (Å²) in [7, 11) is 0. The minimum absolute atomic E-state index is 0.0625. The number of nitrogens with one attached hydrogen (secondary N) is 1. The molecule has 0 bridgehead atoms. The molecule has 0 radical (unpaired) electrons. The number of ether oxygens (including phenoxy) is 2. The van der Waals surface area contributed by atoms with Crippen molar-refractivity contribution in [2.45, 2.75) is 6.10 Å². The molecular weight excluding hydrogens is 244 g/mol. The third-order valence-corrected chi connectivity index (χ3v) is 3.04. The van der Waals surface area contributed by atoms with E-state index in [9.17, 15) is 0 Å². The number of aromatic nitrogens is 2. The van der Waals surface area contributed by atoms with Gasteiger partial charge in [-0.3, -0.25) is 0 Å². The summed E-state index contributed by atoms with van der Waals surface area (Å²) in [6.07, 6.45) is 1.59. The van der Waals surface area contributed by atoms with E-state index < -0.39 is 0 Å². The summed E-state index contributed by atoms with van der Waals surface area (Å²) in [5.41, 5.74) is 7.27. The lowest BCUT2D eigenvalue weighted by Gasteiger charge is -2.23. The minimum atomic E-state index is 0.0625. The highest BCUT2D eigenvalue weighted by atomic mass is 16.6. The van der Waals surface area contributed by atoms with Crippen LogP contribution < -0.4 is 11.1 Å². The molecule has 1 aliphatic heterocycles. The summed E-state index contributed by atoms with van der Waals surface area (Å²) in [6, 6.07) is 5.60. The van der Waals surface area contributed by atoms with Crippen molar-refractivity contribution in [2.24, 2.45) is 0 Å². The molecule has 0 spiro atoms. The maximum Gasteiger partial charge on any atom is 0.137 e. The van der Waals surface area contributed by atoms with Crippen LogP contribution in [0.3, 0.4) is 0 Å². The van der Waals surface area contributed by atoms with Crippen LogP contribution in [0.1, 0.15) is 0 Å². The van der Waals surface area contributed by atoms with Crippen LogP contribution in [0.15, 0.2) is 24.5 Å². The van der Waals surface area contributed by atoms with Gasteiger partial charge in [0.05, 0.1) is 31.4 Å². The average molecular weight is 260 g/mol. The largest absolute Gasteiger partial charge is 0.399 e. The first-order valence-electron chi connectivity index (χ1n) is 6.26. The molecule has 3 rings (SSSR count). The molecule has 6 nitrogen and oxygen atoms in total. The predicted molar refractivity (Wildman–Crippen MR) is 73.0 cm³/mol. The monoisotopic (exact) mass is 260 g/mol. The molecule has 1 aliphatic rings. The van der Waals surface area contributed by atoms with Gasteiger partial charge in [0, 0.05) is 17.6 Å². The molecule has 19 heavy (non-hydrogen) atoms. The van der Waals surface area contributed by atoms with Gasteiger partial charge in [0.1, 0.15) is 12.1 Å². The fourth-order valence-electron chi connectivity index (χ4n) is 2.08. The Labute approximate surface area is 110 Å². The maximum atomic E-state index is 5.75. The van der Waals surface area contributed by atoms with E-state index in [1.54, 1.807) is 0 Å². The lowest BCUT2D eigenvalue weighted by Crippen LogP contribution is -2.34. The number of fused-ring (bicyclic) bond motifs is 1. The number of nitrogens with zero attached hydrogens (tertiary/aromatic N) is 2. The van der Waals surface area contributed by atoms with Gasteiger partial charge in [-0.15, -0.1) is 0 Å². The molecule has 2 heterocycles. The summed E-state index contributed by atoms with van der Waals surface area (Å²) < 4.78 is 10.9. The number of benzene rings is 1. The molecule has 2 aromatic rings. The van der Waals surface area contributed by atoms with E-state index in [0.717, 1.165) is 16.7 Å². The van der Waals surface area contributed by atoms with Gasteiger partial charge in [-0.25, -0.2) is 9.97 Å². The summed E-state index contributed by atoms with van der Waals surface area (Å²) in [5.74, 6) is 0.791. The van der Waals surface area contributed by atoms with Gasteiger partial charge in [0.25, 0.3) is 0 Å². The van der Waals surface area contributed by atoms with Crippen molar-refractivity contribution in [3.8, 4) is 0 Å². The molecule has 0 saturated carbocycles. The second-order valence-electron chi connectivity index (χ2n) is 4.45. The van der Waals surface area contributed by atoms with E-state index in [-0.39, 0.29) is 6.10 Å². The summed E-state index contributed by atoms with van der Waals surface area (Å²) in [4.78, 5) is 8.47. The number of rotatable bonds is 3. The van der Waals surface area contributed by atoms with Crippen molar-refractivity contribution in [1.29, 1.82) is 0 Å². The number of hydrogen-bond donors (Lipinski definition) is 2. The second kappa shape index (κ2) is 5.38. The first-order valence-corrected chi connectivity index (χ1v) is 6.26. The Morgan fingerprint density at radius 1 is 1.32 bits per heavy atom. The Morgan fingerprint density at radius 3 is 3.11 bits per heavy atom. The number of hydrogen-bond acceptors (Lipinski definition) is 6. The van der Waals surface area contributed by atoms with E-state index in [4.69, 9.17) is 15.2 Å². The molecule has 1 atom stereocenters. The first kappa shape index (κ1) is 12.1. The van der Waals surface area contributed by atoms with Gasteiger partial charge in [0.15, 0.2) is 0 Å². The zero-order valence-electron chi connectivity index (χ0n) is 10.5. The number of nitrogen functional groups attached to an aromatic ring is 1. The van der Waals surface area contributed by atoms with E-state index in [2.05, 4.69) is 15.3 Å². The molecule has 1 unspecified atom stereocenters. The fraction of sp³-hybridized carbons (Fsp3) is 0.385. The lowest BCUT2D eigenvalue weighted by molar-refractivity contribution is -0.0819. The Kier molecular flexibility index (Phi) is 3.43. The van der Waals surface area contributed by atoms with Gasteiger partial charge in [-0.2, -0.15) is 0 Å². The Balaban J connectivity index is 1.76. The van der Waals surface area contributed by atoms with Gasteiger partial charge in [0.2, 0.25) is 0 Å². The van der Waals surface area contributed by atoms with Gasteiger partial charge >= 0.3 is 0 Å². The van der Waals surface area contributed by atoms with Gasteiger partial charge in [-0.1, -0.05) is 0 Å². The zero-order chi connectivity index (χ0) is 13.1. The van der Waals surface area contributed by atoms with Crippen LogP contribution in [0.5, 0.6) is 0 Å². The van der Waals surface area contributed by atoms with Crippen molar-refractivity contribution in [3.63, 3.8) is 0 Å². The zero-order valence-corrected chi connectivity index (χ0v) is 10.5. The van der Waals surface area contributed by atoms with E-state index in [0.29, 0.717) is 32.1 Å². The summed E-state index contributed by atoms with van der Waals surface area (Å²) in [6.45, 7) is 2.60. The summed E-state index contributed by atoms with van der Waals surface area (Å²) >= 11 is 0. The number of anilines is 2. The van der Waals surface area contributed by atoms with E-state index >= 15 is 0 Å². The molecule has 3 N–H and O–H groups in total.